The van der Waals surface area contributed by atoms with Crippen LogP contribution in [0.1, 0.15) is 29.2 Å². The highest BCUT2D eigenvalue weighted by Gasteiger charge is 2.43. The number of amides is 1. The Bertz CT molecular complexity index is 736. The van der Waals surface area contributed by atoms with Crippen molar-refractivity contribution in [1.29, 1.82) is 0 Å². The fourth-order valence-electron chi connectivity index (χ4n) is 4.07. The van der Waals surface area contributed by atoms with Crippen LogP contribution in [-0.2, 0) is 0 Å². The van der Waals surface area contributed by atoms with E-state index in [-0.39, 0.29) is 23.4 Å². The zero-order chi connectivity index (χ0) is 16.7. The summed E-state index contributed by atoms with van der Waals surface area (Å²) in [4.78, 5) is 22.1. The van der Waals surface area contributed by atoms with Crippen LogP contribution in [0.25, 0.3) is 0 Å². The van der Waals surface area contributed by atoms with E-state index in [0.717, 1.165) is 12.6 Å². The summed E-state index contributed by atoms with van der Waals surface area (Å²) in [5, 5.41) is 10.5. The number of aliphatic hydroxyl groups excluding tert-OH is 1. The maximum absolute atomic E-state index is 13.3. The predicted molar refractivity (Wildman–Crippen MR) is 83.6 cm³/mol. The van der Waals surface area contributed by atoms with Crippen molar-refractivity contribution < 1.29 is 14.3 Å². The summed E-state index contributed by atoms with van der Waals surface area (Å²) in [6.45, 7) is 1.24. The van der Waals surface area contributed by atoms with E-state index in [9.17, 15) is 14.3 Å². The molecule has 4 rings (SSSR count). The molecule has 7 heteroatoms. The molecule has 2 aromatic heterocycles. The highest BCUT2D eigenvalue weighted by molar-refractivity contribution is 5.94. The highest BCUT2D eigenvalue weighted by atomic mass is 19.1. The van der Waals surface area contributed by atoms with Crippen LogP contribution in [0.15, 0.2) is 37.2 Å². The third kappa shape index (κ3) is 2.69. The van der Waals surface area contributed by atoms with Crippen LogP contribution in [0, 0.1) is 17.7 Å². The second kappa shape index (κ2) is 5.98. The van der Waals surface area contributed by atoms with Gasteiger partial charge >= 0.3 is 0 Å². The molecule has 0 bridgehead atoms. The van der Waals surface area contributed by atoms with Crippen LogP contribution in [-0.4, -0.2) is 49.6 Å². The molecule has 1 saturated carbocycles. The van der Waals surface area contributed by atoms with Gasteiger partial charge in [-0.05, 0) is 30.7 Å². The number of nitrogens with zero attached hydrogens (tertiary/aromatic N) is 4. The highest BCUT2D eigenvalue weighted by Crippen LogP contribution is 2.41. The van der Waals surface area contributed by atoms with E-state index >= 15 is 0 Å². The quantitative estimate of drug-likeness (QED) is 0.906. The molecule has 2 fully saturated rings. The van der Waals surface area contributed by atoms with Gasteiger partial charge in [0.2, 0.25) is 0 Å². The number of hydrogen-bond acceptors (Lipinski definition) is 4. The average molecular weight is 330 g/mol. The molecule has 1 amide bonds. The molecule has 2 aromatic rings. The van der Waals surface area contributed by atoms with E-state index < -0.39 is 11.9 Å². The van der Waals surface area contributed by atoms with Crippen LogP contribution in [0.3, 0.4) is 0 Å². The summed E-state index contributed by atoms with van der Waals surface area (Å²) in [5.41, 5.74) is 0.278. The molecule has 6 nitrogen and oxygen atoms in total. The molecular weight excluding hydrogens is 311 g/mol. The van der Waals surface area contributed by atoms with Crippen molar-refractivity contribution in [1.82, 2.24) is 19.4 Å². The van der Waals surface area contributed by atoms with E-state index in [4.69, 9.17) is 0 Å². The number of carbonyl (C=O) groups is 1. The molecule has 126 valence electrons. The van der Waals surface area contributed by atoms with Crippen LogP contribution in [0.2, 0.25) is 0 Å². The van der Waals surface area contributed by atoms with Gasteiger partial charge in [-0.15, -0.1) is 0 Å². The van der Waals surface area contributed by atoms with Crippen molar-refractivity contribution in [3.63, 3.8) is 0 Å². The lowest BCUT2D eigenvalue weighted by Crippen LogP contribution is -2.35. The van der Waals surface area contributed by atoms with Crippen molar-refractivity contribution in [2.24, 2.45) is 11.8 Å². The fraction of sp³-hybridized carbons (Fsp3) is 0.471. The van der Waals surface area contributed by atoms with Gasteiger partial charge in [0.25, 0.3) is 5.91 Å². The molecule has 0 unspecified atom stereocenters. The van der Waals surface area contributed by atoms with E-state index in [0.29, 0.717) is 25.4 Å². The monoisotopic (exact) mass is 330 g/mol. The largest absolute Gasteiger partial charge is 0.391 e. The van der Waals surface area contributed by atoms with Gasteiger partial charge in [0.15, 0.2) is 0 Å². The van der Waals surface area contributed by atoms with Gasteiger partial charge in [0, 0.05) is 31.7 Å². The van der Waals surface area contributed by atoms with Crippen LogP contribution in [0.5, 0.6) is 0 Å². The molecule has 4 atom stereocenters. The summed E-state index contributed by atoms with van der Waals surface area (Å²) in [6.07, 6.45) is 8.83. The second-order valence-corrected chi connectivity index (χ2v) is 6.74. The van der Waals surface area contributed by atoms with Gasteiger partial charge in [0.05, 0.1) is 30.2 Å². The molecule has 0 radical (unpaired) electrons. The van der Waals surface area contributed by atoms with Gasteiger partial charge < -0.3 is 14.6 Å². The Balaban J connectivity index is 1.49. The van der Waals surface area contributed by atoms with E-state index in [2.05, 4.69) is 9.97 Å². The zero-order valence-electron chi connectivity index (χ0n) is 13.1. The number of likely N-dealkylation sites (tertiary alicyclic amines) is 1. The third-order valence-corrected chi connectivity index (χ3v) is 5.26. The summed E-state index contributed by atoms with van der Waals surface area (Å²) in [6, 6.07) is 1.22. The first-order valence-corrected chi connectivity index (χ1v) is 8.17. The first kappa shape index (κ1) is 15.3. The molecule has 0 spiro atoms. The number of aromatic nitrogens is 3. The topological polar surface area (TPSA) is 71.2 Å². The lowest BCUT2D eigenvalue weighted by Gasteiger charge is -2.35. The number of imidazole rings is 1. The lowest BCUT2D eigenvalue weighted by atomic mass is 9.77. The fourth-order valence-corrected chi connectivity index (χ4v) is 4.07. The van der Waals surface area contributed by atoms with Gasteiger partial charge in [-0.2, -0.15) is 0 Å². The third-order valence-electron chi connectivity index (χ3n) is 5.26. The maximum atomic E-state index is 13.3. The van der Waals surface area contributed by atoms with Crippen LogP contribution >= 0.6 is 0 Å². The summed E-state index contributed by atoms with van der Waals surface area (Å²) in [7, 11) is 0. The number of fused-ring (bicyclic) bond motifs is 1. The van der Waals surface area contributed by atoms with Crippen LogP contribution in [0.4, 0.5) is 4.39 Å². The van der Waals surface area contributed by atoms with Gasteiger partial charge in [-0.1, -0.05) is 0 Å². The molecule has 1 saturated heterocycles. The number of rotatable bonds is 2. The van der Waals surface area contributed by atoms with Crippen LogP contribution < -0.4 is 0 Å². The number of carbonyl (C=O) groups excluding carboxylic acids is 1. The lowest BCUT2D eigenvalue weighted by molar-refractivity contribution is 0.0357. The van der Waals surface area contributed by atoms with Crippen molar-refractivity contribution in [2.45, 2.75) is 25.0 Å². The molecule has 1 aliphatic heterocycles. The Morgan fingerprint density at radius 1 is 1.21 bits per heavy atom. The normalized spacial score (nSPS) is 29.5. The molecular formula is C17H19FN4O2. The number of aliphatic hydroxyl groups is 1. The molecule has 0 aromatic carbocycles. The molecule has 3 heterocycles. The van der Waals surface area contributed by atoms with Gasteiger partial charge in [-0.25, -0.2) is 9.37 Å². The summed E-state index contributed by atoms with van der Waals surface area (Å²) in [5.74, 6) is -0.0744. The zero-order valence-corrected chi connectivity index (χ0v) is 13.1. The maximum Gasteiger partial charge on any atom is 0.255 e. The number of pyridine rings is 1. The van der Waals surface area contributed by atoms with Crippen molar-refractivity contribution >= 4 is 5.91 Å². The molecule has 1 N–H and O–H groups in total. The van der Waals surface area contributed by atoms with E-state index in [1.807, 2.05) is 10.8 Å². The number of halogens is 1. The first-order chi connectivity index (χ1) is 11.6. The minimum absolute atomic E-state index is 0.000335. The second-order valence-electron chi connectivity index (χ2n) is 6.74. The summed E-state index contributed by atoms with van der Waals surface area (Å²) >= 11 is 0. The Kier molecular flexibility index (Phi) is 3.80. The Morgan fingerprint density at radius 2 is 2.00 bits per heavy atom. The summed E-state index contributed by atoms with van der Waals surface area (Å²) < 4.78 is 15.2. The van der Waals surface area contributed by atoms with Gasteiger partial charge in [-0.3, -0.25) is 9.78 Å². The smallest absolute Gasteiger partial charge is 0.255 e. The molecule has 2 aliphatic rings. The van der Waals surface area contributed by atoms with Gasteiger partial charge in [0.1, 0.15) is 5.82 Å². The minimum Gasteiger partial charge on any atom is -0.391 e. The Morgan fingerprint density at radius 3 is 2.71 bits per heavy atom. The van der Waals surface area contributed by atoms with Crippen molar-refractivity contribution in [3.05, 3.63) is 48.6 Å². The van der Waals surface area contributed by atoms with E-state index in [1.165, 1.54) is 12.3 Å². The SMILES string of the molecule is O=C(c1cncc(F)c1)N1C[C@H]2C[C@@H](n3ccnc3)[C@H](O)C[C@H]2C1. The molecule has 1 aliphatic carbocycles. The predicted octanol–water partition coefficient (Wildman–Crippen LogP) is 1.50. The average Bonchev–Trinajstić information content (AvgIpc) is 3.22. The first-order valence-electron chi connectivity index (χ1n) is 8.17. The molecule has 24 heavy (non-hydrogen) atoms. The standard InChI is InChI=1S/C17H19FN4O2/c18-14-3-11(6-20-7-14)17(24)22-8-12-4-15(21-2-1-19-10-21)16(23)5-13(12)9-22/h1-3,6-7,10,12-13,15-16,23H,4-5,8-9H2/t12-,13+,15-,16-/m1/s1. The Labute approximate surface area is 139 Å². The minimum atomic E-state index is -0.506. The van der Waals surface area contributed by atoms with Crippen molar-refractivity contribution in [2.75, 3.05) is 13.1 Å². The van der Waals surface area contributed by atoms with Crippen molar-refractivity contribution in [3.8, 4) is 0 Å². The number of hydrogen-bond donors (Lipinski definition) is 1. The Hall–Kier alpha value is -2.28. The van der Waals surface area contributed by atoms with E-state index in [1.54, 1.807) is 17.4 Å².